The average molecular weight is 699 g/mol. The highest BCUT2D eigenvalue weighted by Gasteiger charge is 2.50. The number of nitrogens with two attached hydrogens (primary N) is 1. The number of rotatable bonds is 10. The van der Waals surface area contributed by atoms with Crippen molar-refractivity contribution in [3.63, 3.8) is 0 Å². The van der Waals surface area contributed by atoms with E-state index in [0.717, 1.165) is 36.0 Å². The van der Waals surface area contributed by atoms with Crippen molar-refractivity contribution in [1.29, 1.82) is 0 Å². The number of aliphatic hydroxyl groups is 1. The molecule has 2 aliphatic carbocycles. The maximum Gasteiger partial charge on any atom is 0.271 e. The molecular formula is C39H44F2N6O4. The molecule has 4 aromatic rings. The molecule has 3 heterocycles. The van der Waals surface area contributed by atoms with Crippen LogP contribution in [-0.2, 0) is 24.8 Å². The molecule has 3 aliphatic rings. The minimum atomic E-state index is -2.84. The van der Waals surface area contributed by atoms with Gasteiger partial charge >= 0.3 is 0 Å². The normalized spacial score (nSPS) is 21.8. The lowest BCUT2D eigenvalue weighted by molar-refractivity contribution is -0.0821. The number of aryl methyl sites for hydroxylation is 1. The first-order chi connectivity index (χ1) is 24.6. The first-order valence-electron chi connectivity index (χ1n) is 17.6. The number of nitrogens with zero attached hydrogens (tertiary/aromatic N) is 4. The number of aliphatic hydroxyl groups excluding tert-OH is 1. The van der Waals surface area contributed by atoms with Gasteiger partial charge in [0.25, 0.3) is 17.4 Å². The first-order valence-corrected chi connectivity index (χ1v) is 17.6. The van der Waals surface area contributed by atoms with E-state index in [2.05, 4.69) is 15.2 Å². The van der Waals surface area contributed by atoms with E-state index in [0.29, 0.717) is 61.6 Å². The van der Waals surface area contributed by atoms with Crippen LogP contribution in [-0.4, -0.2) is 87.8 Å². The van der Waals surface area contributed by atoms with Gasteiger partial charge in [-0.25, -0.2) is 13.8 Å². The van der Waals surface area contributed by atoms with Crippen LogP contribution in [0.25, 0.3) is 22.3 Å². The summed E-state index contributed by atoms with van der Waals surface area (Å²) in [5.41, 5.74) is 11.7. The lowest BCUT2D eigenvalue weighted by Crippen LogP contribution is -2.51. The summed E-state index contributed by atoms with van der Waals surface area (Å²) in [5, 5.41) is 12.3. The molecule has 2 fully saturated rings. The van der Waals surface area contributed by atoms with Gasteiger partial charge in [0, 0.05) is 70.2 Å². The van der Waals surface area contributed by atoms with Gasteiger partial charge in [-0.05, 0) is 64.8 Å². The molecule has 12 heteroatoms. The number of aromatic nitrogens is 2. The molecule has 1 aliphatic heterocycles. The Morgan fingerprint density at radius 1 is 1.00 bits per heavy atom. The second-order valence-electron chi connectivity index (χ2n) is 13.9. The lowest BCUT2D eigenvalue weighted by Gasteiger charge is -2.39. The van der Waals surface area contributed by atoms with Crippen molar-refractivity contribution < 1.29 is 23.4 Å². The fraction of sp³-hybridized carbons (Fsp3) is 0.410. The summed E-state index contributed by atoms with van der Waals surface area (Å²) in [4.78, 5) is 33.7. The van der Waals surface area contributed by atoms with Crippen LogP contribution in [0.5, 0.6) is 0 Å². The standard InChI is InChI=1S/C39H44F2N6O4/c1-45-12-11-28(21-35(45)49)30-20-32(37(42)43-23-30)38(50)44-33-3-2-4-34(33)51-24-25-5-7-26(8-6-25)27-9-10-31-29(19-27)22-39(40,41)36(31)47-15-13-46(14-16-47)17-18-48/h5-12,19-21,23,33-34,36,48H,2-4,13-18,22,24H2,1H3,(H2,42,43)(H,44,50)/t33-,34-,36?/m0/s1. The van der Waals surface area contributed by atoms with Gasteiger partial charge < -0.3 is 25.5 Å². The summed E-state index contributed by atoms with van der Waals surface area (Å²) in [5.74, 6) is -3.06. The molecule has 51 heavy (non-hydrogen) atoms. The van der Waals surface area contributed by atoms with Crippen molar-refractivity contribution in [1.82, 2.24) is 24.7 Å². The van der Waals surface area contributed by atoms with Gasteiger partial charge in [0.05, 0.1) is 37.0 Å². The molecule has 0 bridgehead atoms. The number of amides is 1. The van der Waals surface area contributed by atoms with Crippen LogP contribution in [0.3, 0.4) is 0 Å². The summed E-state index contributed by atoms with van der Waals surface area (Å²) in [6.45, 7) is 3.47. The summed E-state index contributed by atoms with van der Waals surface area (Å²) in [6, 6.07) is 17.5. The maximum absolute atomic E-state index is 15.4. The van der Waals surface area contributed by atoms with E-state index in [4.69, 9.17) is 10.5 Å². The Balaban J connectivity index is 0.966. The summed E-state index contributed by atoms with van der Waals surface area (Å²) < 4.78 is 38.5. The summed E-state index contributed by atoms with van der Waals surface area (Å²) >= 11 is 0. The van der Waals surface area contributed by atoms with Gasteiger partial charge in [0.1, 0.15) is 5.82 Å². The molecule has 3 atom stereocenters. The number of carbonyl (C=O) groups is 1. The van der Waals surface area contributed by atoms with E-state index >= 15 is 8.78 Å². The monoisotopic (exact) mass is 698 g/mol. The van der Waals surface area contributed by atoms with E-state index in [-0.39, 0.29) is 48.0 Å². The Kier molecular flexibility index (Phi) is 10.0. The van der Waals surface area contributed by atoms with Crippen LogP contribution in [0.4, 0.5) is 14.6 Å². The topological polar surface area (TPSA) is 126 Å². The largest absolute Gasteiger partial charge is 0.395 e. The predicted octanol–water partition coefficient (Wildman–Crippen LogP) is 4.41. The number of hydrogen-bond donors (Lipinski definition) is 3. The Morgan fingerprint density at radius 2 is 1.75 bits per heavy atom. The number of anilines is 1. The minimum absolute atomic E-state index is 0.0765. The number of halogens is 2. The molecule has 2 aromatic heterocycles. The molecule has 0 spiro atoms. The number of ether oxygens (including phenoxy) is 1. The van der Waals surface area contributed by atoms with Gasteiger partial charge in [0.15, 0.2) is 0 Å². The highest BCUT2D eigenvalue weighted by Crippen LogP contribution is 2.48. The lowest BCUT2D eigenvalue weighted by atomic mass is 9.98. The van der Waals surface area contributed by atoms with E-state index in [1.165, 1.54) is 10.6 Å². The first kappa shape index (κ1) is 34.9. The fourth-order valence-electron chi connectivity index (χ4n) is 7.71. The molecule has 7 rings (SSSR count). The van der Waals surface area contributed by atoms with E-state index in [1.54, 1.807) is 31.6 Å². The van der Waals surface area contributed by atoms with Gasteiger partial charge in [0.2, 0.25) is 0 Å². The highest BCUT2D eigenvalue weighted by molar-refractivity contribution is 5.99. The number of pyridine rings is 2. The number of benzene rings is 2. The number of alkyl halides is 2. The van der Waals surface area contributed by atoms with Gasteiger partial charge in [-0.1, -0.05) is 42.5 Å². The molecule has 4 N–H and O–H groups in total. The fourth-order valence-corrected chi connectivity index (χ4v) is 7.71. The van der Waals surface area contributed by atoms with Crippen molar-refractivity contribution in [2.45, 2.75) is 56.4 Å². The number of nitrogens with one attached hydrogen (secondary N) is 1. The van der Waals surface area contributed by atoms with Gasteiger partial charge in [-0.15, -0.1) is 0 Å². The smallest absolute Gasteiger partial charge is 0.271 e. The van der Waals surface area contributed by atoms with E-state index in [9.17, 15) is 14.7 Å². The number of fused-ring (bicyclic) bond motifs is 1. The number of β-amino-alcohol motifs (C(OH)–C–C–N with tert-alkyl or cyclic N) is 1. The molecule has 2 aromatic carbocycles. The molecule has 1 amide bonds. The third-order valence-corrected chi connectivity index (χ3v) is 10.6. The molecule has 1 saturated carbocycles. The minimum Gasteiger partial charge on any atom is -0.395 e. The average Bonchev–Trinajstić information content (AvgIpc) is 3.68. The second kappa shape index (κ2) is 14.6. The Hall–Kier alpha value is -4.49. The SMILES string of the molecule is Cn1ccc(-c2cnc(N)c(C(=O)N[C@H]3CCC[C@@H]3OCc3ccc(-c4ccc5c(c4)CC(F)(F)C5N4CCN(CCO)CC4)cc3)c2)cc1=O. The van der Waals surface area contributed by atoms with Crippen molar-refractivity contribution in [3.05, 3.63) is 106 Å². The molecule has 1 unspecified atom stereocenters. The van der Waals surface area contributed by atoms with Crippen LogP contribution < -0.4 is 16.6 Å². The summed E-state index contributed by atoms with van der Waals surface area (Å²) in [6.07, 6.45) is 5.26. The second-order valence-corrected chi connectivity index (χ2v) is 13.9. The van der Waals surface area contributed by atoms with E-state index in [1.807, 2.05) is 47.4 Å². The predicted molar refractivity (Wildman–Crippen MR) is 191 cm³/mol. The van der Waals surface area contributed by atoms with Crippen LogP contribution in [0.2, 0.25) is 0 Å². The number of nitrogen functional groups attached to an aromatic ring is 1. The van der Waals surface area contributed by atoms with Crippen LogP contribution in [0.15, 0.2) is 77.9 Å². The third-order valence-electron chi connectivity index (χ3n) is 10.6. The Morgan fingerprint density at radius 3 is 2.49 bits per heavy atom. The van der Waals surface area contributed by atoms with Crippen molar-refractivity contribution in [3.8, 4) is 22.3 Å². The van der Waals surface area contributed by atoms with Gasteiger partial charge in [-0.2, -0.15) is 0 Å². The quantitative estimate of drug-likeness (QED) is 0.223. The molecular weight excluding hydrogens is 654 g/mol. The number of hydrogen-bond acceptors (Lipinski definition) is 8. The molecule has 0 radical (unpaired) electrons. The molecule has 10 nitrogen and oxygen atoms in total. The number of carbonyl (C=O) groups excluding carboxylic acids is 1. The van der Waals surface area contributed by atoms with Gasteiger partial charge in [-0.3, -0.25) is 19.4 Å². The zero-order valence-electron chi connectivity index (χ0n) is 28.7. The van der Waals surface area contributed by atoms with Crippen LogP contribution >= 0.6 is 0 Å². The van der Waals surface area contributed by atoms with Crippen LogP contribution in [0.1, 0.15) is 52.4 Å². The van der Waals surface area contributed by atoms with E-state index < -0.39 is 12.0 Å². The summed E-state index contributed by atoms with van der Waals surface area (Å²) in [7, 11) is 1.67. The highest BCUT2D eigenvalue weighted by atomic mass is 19.3. The van der Waals surface area contributed by atoms with Crippen molar-refractivity contribution >= 4 is 11.7 Å². The molecule has 268 valence electrons. The zero-order chi connectivity index (χ0) is 35.7. The van der Waals surface area contributed by atoms with Crippen LogP contribution in [0, 0.1) is 0 Å². The van der Waals surface area contributed by atoms with Crippen molar-refractivity contribution in [2.24, 2.45) is 7.05 Å². The number of piperazine rings is 1. The van der Waals surface area contributed by atoms with Crippen molar-refractivity contribution in [2.75, 3.05) is 45.1 Å². The third kappa shape index (κ3) is 7.45. The zero-order valence-corrected chi connectivity index (χ0v) is 28.7. The Bertz CT molecular complexity index is 1940. The Labute approximate surface area is 295 Å². The maximum atomic E-state index is 15.4. The molecule has 1 saturated heterocycles.